The van der Waals surface area contributed by atoms with Crippen LogP contribution in [0.4, 0.5) is 16.2 Å². The van der Waals surface area contributed by atoms with Crippen LogP contribution in [0.5, 0.6) is 5.75 Å². The third kappa shape index (κ3) is 3.89. The molecular formula is C16H17ClN2O2. The van der Waals surface area contributed by atoms with Crippen LogP contribution in [0.15, 0.2) is 36.4 Å². The normalized spacial score (nSPS) is 10.1. The summed E-state index contributed by atoms with van der Waals surface area (Å²) in [6.45, 7) is 3.80. The second kappa shape index (κ2) is 6.50. The SMILES string of the molecule is COc1ccc(NC(=O)Nc2ccc(Cl)c(C)c2)c(C)c1. The molecule has 0 saturated heterocycles. The zero-order chi connectivity index (χ0) is 15.4. The number of amides is 2. The fraction of sp³-hybridized carbons (Fsp3) is 0.188. The van der Waals surface area contributed by atoms with Gasteiger partial charge < -0.3 is 15.4 Å². The molecule has 0 saturated carbocycles. The van der Waals surface area contributed by atoms with Gasteiger partial charge in [0.25, 0.3) is 0 Å². The van der Waals surface area contributed by atoms with Crippen LogP contribution >= 0.6 is 11.6 Å². The van der Waals surface area contributed by atoms with Gasteiger partial charge in [0.15, 0.2) is 0 Å². The number of nitrogens with one attached hydrogen (secondary N) is 2. The fourth-order valence-electron chi connectivity index (χ4n) is 1.91. The smallest absolute Gasteiger partial charge is 0.323 e. The summed E-state index contributed by atoms with van der Waals surface area (Å²) in [5, 5.41) is 6.25. The van der Waals surface area contributed by atoms with Crippen LogP contribution in [-0.2, 0) is 0 Å². The number of carbonyl (C=O) groups is 1. The Balaban J connectivity index is 2.06. The molecule has 0 aromatic heterocycles. The highest BCUT2D eigenvalue weighted by atomic mass is 35.5. The fourth-order valence-corrected chi connectivity index (χ4v) is 2.03. The number of rotatable bonds is 3. The highest BCUT2D eigenvalue weighted by molar-refractivity contribution is 6.31. The van der Waals surface area contributed by atoms with Gasteiger partial charge in [0.05, 0.1) is 7.11 Å². The number of halogens is 1. The third-order valence-corrected chi connectivity index (χ3v) is 3.52. The van der Waals surface area contributed by atoms with E-state index in [1.54, 1.807) is 31.4 Å². The Labute approximate surface area is 129 Å². The molecule has 0 heterocycles. The van der Waals surface area contributed by atoms with E-state index in [4.69, 9.17) is 16.3 Å². The quantitative estimate of drug-likeness (QED) is 0.870. The van der Waals surface area contributed by atoms with E-state index in [0.29, 0.717) is 10.7 Å². The predicted octanol–water partition coefficient (Wildman–Crippen LogP) is 4.61. The Morgan fingerprint density at radius 2 is 1.81 bits per heavy atom. The number of methoxy groups -OCH3 is 1. The van der Waals surface area contributed by atoms with Crippen LogP contribution in [-0.4, -0.2) is 13.1 Å². The van der Waals surface area contributed by atoms with Crippen molar-refractivity contribution in [3.63, 3.8) is 0 Å². The molecule has 0 bridgehead atoms. The van der Waals surface area contributed by atoms with Crippen LogP contribution in [0, 0.1) is 13.8 Å². The van der Waals surface area contributed by atoms with Gasteiger partial charge in [0.2, 0.25) is 0 Å². The Kier molecular flexibility index (Phi) is 4.70. The first-order valence-corrected chi connectivity index (χ1v) is 6.86. The first-order valence-electron chi connectivity index (χ1n) is 6.48. The highest BCUT2D eigenvalue weighted by Crippen LogP contribution is 2.22. The summed E-state index contributed by atoms with van der Waals surface area (Å²) in [6.07, 6.45) is 0. The number of hydrogen-bond donors (Lipinski definition) is 2. The summed E-state index contributed by atoms with van der Waals surface area (Å²) in [5.41, 5.74) is 3.27. The molecule has 110 valence electrons. The van der Waals surface area contributed by atoms with Crippen LogP contribution in [0.2, 0.25) is 5.02 Å². The minimum atomic E-state index is -0.301. The van der Waals surface area contributed by atoms with Crippen molar-refractivity contribution in [2.24, 2.45) is 0 Å². The van der Waals surface area contributed by atoms with Crippen molar-refractivity contribution in [2.45, 2.75) is 13.8 Å². The van der Waals surface area contributed by atoms with Gasteiger partial charge in [-0.1, -0.05) is 11.6 Å². The molecular weight excluding hydrogens is 288 g/mol. The monoisotopic (exact) mass is 304 g/mol. The van der Waals surface area contributed by atoms with Gasteiger partial charge in [0, 0.05) is 16.4 Å². The molecule has 2 aromatic rings. The van der Waals surface area contributed by atoms with Crippen LogP contribution in [0.25, 0.3) is 0 Å². The Morgan fingerprint density at radius 1 is 1.05 bits per heavy atom. The average Bonchev–Trinajstić information content (AvgIpc) is 2.45. The summed E-state index contributed by atoms with van der Waals surface area (Å²) in [7, 11) is 1.61. The lowest BCUT2D eigenvalue weighted by Gasteiger charge is -2.11. The van der Waals surface area contributed by atoms with Crippen molar-refractivity contribution >= 4 is 29.0 Å². The molecule has 0 atom stereocenters. The van der Waals surface area contributed by atoms with E-state index in [9.17, 15) is 4.79 Å². The number of urea groups is 1. The molecule has 0 radical (unpaired) electrons. The number of ether oxygens (including phenoxy) is 1. The average molecular weight is 305 g/mol. The maximum absolute atomic E-state index is 12.0. The van der Waals surface area contributed by atoms with E-state index in [1.807, 2.05) is 26.0 Å². The maximum Gasteiger partial charge on any atom is 0.323 e. The minimum Gasteiger partial charge on any atom is -0.497 e. The Hall–Kier alpha value is -2.20. The number of anilines is 2. The summed E-state index contributed by atoms with van der Waals surface area (Å²) in [5.74, 6) is 0.756. The summed E-state index contributed by atoms with van der Waals surface area (Å²) < 4.78 is 5.13. The van der Waals surface area contributed by atoms with Crippen molar-refractivity contribution in [1.29, 1.82) is 0 Å². The summed E-state index contributed by atoms with van der Waals surface area (Å²) in [4.78, 5) is 12.0. The van der Waals surface area contributed by atoms with Crippen LogP contribution < -0.4 is 15.4 Å². The molecule has 0 fully saturated rings. The van der Waals surface area contributed by atoms with E-state index >= 15 is 0 Å². The lowest BCUT2D eigenvalue weighted by molar-refractivity contribution is 0.262. The van der Waals surface area contributed by atoms with Gasteiger partial charge in [-0.25, -0.2) is 4.79 Å². The molecule has 0 aliphatic carbocycles. The lowest BCUT2D eigenvalue weighted by Crippen LogP contribution is -2.20. The molecule has 2 rings (SSSR count). The van der Waals surface area contributed by atoms with E-state index in [1.165, 1.54) is 0 Å². The molecule has 0 unspecified atom stereocenters. The number of benzene rings is 2. The standard InChI is InChI=1S/C16H17ClN2O2/c1-10-8-12(4-6-14(10)17)18-16(20)19-15-7-5-13(21-3)9-11(15)2/h4-9H,1-3H3,(H2,18,19,20). The zero-order valence-corrected chi connectivity index (χ0v) is 12.9. The largest absolute Gasteiger partial charge is 0.497 e. The summed E-state index contributed by atoms with van der Waals surface area (Å²) >= 11 is 5.96. The van der Waals surface area contributed by atoms with E-state index in [-0.39, 0.29) is 6.03 Å². The van der Waals surface area contributed by atoms with Crippen LogP contribution in [0.3, 0.4) is 0 Å². The van der Waals surface area contributed by atoms with Gasteiger partial charge in [-0.15, -0.1) is 0 Å². The van der Waals surface area contributed by atoms with E-state index in [0.717, 1.165) is 22.6 Å². The zero-order valence-electron chi connectivity index (χ0n) is 12.2. The molecule has 5 heteroatoms. The number of hydrogen-bond acceptors (Lipinski definition) is 2. The number of carbonyl (C=O) groups excluding carboxylic acids is 1. The second-order valence-corrected chi connectivity index (χ2v) is 5.13. The lowest BCUT2D eigenvalue weighted by atomic mass is 10.2. The van der Waals surface area contributed by atoms with Gasteiger partial charge >= 0.3 is 6.03 Å². The highest BCUT2D eigenvalue weighted by Gasteiger charge is 2.06. The molecule has 0 spiro atoms. The van der Waals surface area contributed by atoms with Crippen molar-refractivity contribution in [3.8, 4) is 5.75 Å². The molecule has 0 aliphatic heterocycles. The van der Waals surface area contributed by atoms with Gasteiger partial charge in [-0.05, 0) is 61.4 Å². The third-order valence-electron chi connectivity index (χ3n) is 3.10. The molecule has 21 heavy (non-hydrogen) atoms. The topological polar surface area (TPSA) is 50.4 Å². The molecule has 2 amide bonds. The maximum atomic E-state index is 12.0. The van der Waals surface area contributed by atoms with Gasteiger partial charge in [0.1, 0.15) is 5.75 Å². The van der Waals surface area contributed by atoms with Crippen molar-refractivity contribution in [2.75, 3.05) is 17.7 Å². The number of aryl methyl sites for hydroxylation is 2. The predicted molar refractivity (Wildman–Crippen MR) is 86.6 cm³/mol. The van der Waals surface area contributed by atoms with E-state index < -0.39 is 0 Å². The van der Waals surface area contributed by atoms with Gasteiger partial charge in [-0.2, -0.15) is 0 Å². The second-order valence-electron chi connectivity index (χ2n) is 4.72. The first-order chi connectivity index (χ1) is 9.99. The van der Waals surface area contributed by atoms with Gasteiger partial charge in [-0.3, -0.25) is 0 Å². The molecule has 0 aliphatic rings. The molecule has 2 aromatic carbocycles. The van der Waals surface area contributed by atoms with E-state index in [2.05, 4.69) is 10.6 Å². The van der Waals surface area contributed by atoms with Crippen molar-refractivity contribution < 1.29 is 9.53 Å². The van der Waals surface area contributed by atoms with Crippen LogP contribution in [0.1, 0.15) is 11.1 Å². The minimum absolute atomic E-state index is 0.301. The molecule has 2 N–H and O–H groups in total. The Morgan fingerprint density at radius 3 is 2.43 bits per heavy atom. The first kappa shape index (κ1) is 15.2. The van der Waals surface area contributed by atoms with Crippen molar-refractivity contribution in [1.82, 2.24) is 0 Å². The molecule has 4 nitrogen and oxygen atoms in total. The Bertz CT molecular complexity index is 671. The van der Waals surface area contributed by atoms with Crippen molar-refractivity contribution in [3.05, 3.63) is 52.5 Å². The summed E-state index contributed by atoms with van der Waals surface area (Å²) in [6, 6.07) is 10.5.